The van der Waals surface area contributed by atoms with Crippen molar-refractivity contribution in [2.24, 2.45) is 5.92 Å². The lowest BCUT2D eigenvalue weighted by Gasteiger charge is -2.40. The quantitative estimate of drug-likeness (QED) is 0.435. The standard InChI is InChI=1S/C30H43F2N5O/c1-20(2)28-35-34-21(3)37(28)27-17-25-9-10-26(18-27)36(25)16-13-24(22-7-5-4-6-8-22)19-33-29(38)23-11-14-30(31,32)15-12-23/h4-8,20,23-27H,9-19H2,1-3H3,(H,33,38)/t24?,25-,26+,27?. The van der Waals surface area contributed by atoms with E-state index in [1.165, 1.54) is 18.4 Å². The molecule has 0 spiro atoms. The zero-order chi connectivity index (χ0) is 26.9. The zero-order valence-electron chi connectivity index (χ0n) is 23.1. The van der Waals surface area contributed by atoms with Crippen LogP contribution in [0, 0.1) is 12.8 Å². The van der Waals surface area contributed by atoms with Crippen molar-refractivity contribution in [1.29, 1.82) is 0 Å². The Morgan fingerprint density at radius 3 is 2.32 bits per heavy atom. The summed E-state index contributed by atoms with van der Waals surface area (Å²) in [6.07, 6.45) is 5.89. The van der Waals surface area contributed by atoms with Crippen molar-refractivity contribution >= 4 is 5.91 Å². The van der Waals surface area contributed by atoms with Crippen LogP contribution in [0.4, 0.5) is 8.78 Å². The maximum Gasteiger partial charge on any atom is 0.248 e. The van der Waals surface area contributed by atoms with Gasteiger partial charge in [0.2, 0.25) is 11.8 Å². The first-order valence-electron chi connectivity index (χ1n) is 14.6. The lowest BCUT2D eigenvalue weighted by molar-refractivity contribution is -0.129. The van der Waals surface area contributed by atoms with E-state index in [2.05, 4.69) is 70.0 Å². The van der Waals surface area contributed by atoms with Gasteiger partial charge in [0.05, 0.1) is 0 Å². The normalized spacial score (nSPS) is 26.5. The van der Waals surface area contributed by atoms with Crippen LogP contribution in [0.5, 0.6) is 0 Å². The number of nitrogens with zero attached hydrogens (tertiary/aromatic N) is 4. The summed E-state index contributed by atoms with van der Waals surface area (Å²) < 4.78 is 29.5. The molecule has 208 valence electrons. The summed E-state index contributed by atoms with van der Waals surface area (Å²) in [5.41, 5.74) is 1.23. The Bertz CT molecular complexity index is 1060. The fraction of sp³-hybridized carbons (Fsp3) is 0.700. The lowest BCUT2D eigenvalue weighted by Crippen LogP contribution is -2.45. The number of aryl methyl sites for hydroxylation is 1. The number of nitrogens with one attached hydrogen (secondary N) is 1. The smallest absolute Gasteiger partial charge is 0.248 e. The van der Waals surface area contributed by atoms with Crippen LogP contribution in [-0.2, 0) is 4.79 Å². The van der Waals surface area contributed by atoms with E-state index in [1.54, 1.807) is 0 Å². The molecule has 6 nitrogen and oxygen atoms in total. The van der Waals surface area contributed by atoms with E-state index in [4.69, 9.17) is 0 Å². The van der Waals surface area contributed by atoms with E-state index in [0.29, 0.717) is 30.6 Å². The fourth-order valence-corrected chi connectivity index (χ4v) is 7.14. The summed E-state index contributed by atoms with van der Waals surface area (Å²) in [7, 11) is 0. The highest BCUT2D eigenvalue weighted by molar-refractivity contribution is 5.78. The van der Waals surface area contributed by atoms with Crippen LogP contribution in [0.2, 0.25) is 0 Å². The summed E-state index contributed by atoms with van der Waals surface area (Å²) in [6, 6.07) is 12.0. The number of halogens is 2. The third kappa shape index (κ3) is 5.95. The molecule has 1 N–H and O–H groups in total. The van der Waals surface area contributed by atoms with Crippen LogP contribution in [0.25, 0.3) is 0 Å². The Morgan fingerprint density at radius 2 is 1.68 bits per heavy atom. The molecule has 1 aliphatic carbocycles. The van der Waals surface area contributed by atoms with Crippen molar-refractivity contribution in [3.63, 3.8) is 0 Å². The molecule has 3 heterocycles. The van der Waals surface area contributed by atoms with Gasteiger partial charge in [-0.2, -0.15) is 0 Å². The fourth-order valence-electron chi connectivity index (χ4n) is 7.14. The Hall–Kier alpha value is -2.35. The Labute approximate surface area is 225 Å². The van der Waals surface area contributed by atoms with E-state index in [-0.39, 0.29) is 43.4 Å². The van der Waals surface area contributed by atoms with E-state index < -0.39 is 5.92 Å². The molecule has 8 heteroatoms. The summed E-state index contributed by atoms with van der Waals surface area (Å²) >= 11 is 0. The molecule has 0 radical (unpaired) electrons. The average Bonchev–Trinajstić information content (AvgIpc) is 3.39. The minimum Gasteiger partial charge on any atom is -0.355 e. The molecule has 2 bridgehead atoms. The van der Waals surface area contributed by atoms with Gasteiger partial charge in [0.15, 0.2) is 0 Å². The molecule has 2 aromatic rings. The Kier molecular flexibility index (Phi) is 8.17. The second-order valence-corrected chi connectivity index (χ2v) is 12.1. The number of hydrogen-bond acceptors (Lipinski definition) is 4. The van der Waals surface area contributed by atoms with Gasteiger partial charge in [-0.15, -0.1) is 10.2 Å². The number of rotatable bonds is 9. The number of carbonyl (C=O) groups is 1. The molecule has 2 saturated heterocycles. The zero-order valence-corrected chi connectivity index (χ0v) is 23.1. The number of alkyl halides is 2. The van der Waals surface area contributed by atoms with Crippen molar-refractivity contribution in [2.45, 2.75) is 114 Å². The second kappa shape index (κ2) is 11.4. The molecular weight excluding hydrogens is 484 g/mol. The molecule has 1 aromatic heterocycles. The van der Waals surface area contributed by atoms with Gasteiger partial charge < -0.3 is 9.88 Å². The van der Waals surface area contributed by atoms with Crippen molar-refractivity contribution in [3.8, 4) is 0 Å². The van der Waals surface area contributed by atoms with Crippen LogP contribution in [-0.4, -0.2) is 56.7 Å². The SMILES string of the molecule is Cc1nnc(C(C)C)n1C1C[C@H]2CC[C@@H](C1)N2CCC(CNC(=O)C1CCC(F)(F)CC1)c1ccccc1. The first-order chi connectivity index (χ1) is 18.2. The minimum absolute atomic E-state index is 0.0624. The lowest BCUT2D eigenvalue weighted by atomic mass is 9.86. The number of hydrogen-bond donors (Lipinski definition) is 1. The molecule has 4 atom stereocenters. The average molecular weight is 528 g/mol. The number of piperidine rings is 1. The van der Waals surface area contributed by atoms with Gasteiger partial charge >= 0.3 is 0 Å². The third-order valence-electron chi connectivity index (χ3n) is 9.25. The number of benzene rings is 1. The monoisotopic (exact) mass is 527 g/mol. The predicted octanol–water partition coefficient (Wildman–Crippen LogP) is 5.99. The largest absolute Gasteiger partial charge is 0.355 e. The second-order valence-electron chi connectivity index (χ2n) is 12.1. The number of aromatic nitrogens is 3. The highest BCUT2D eigenvalue weighted by Crippen LogP contribution is 2.42. The van der Waals surface area contributed by atoms with Gasteiger partial charge in [-0.3, -0.25) is 9.69 Å². The van der Waals surface area contributed by atoms with Gasteiger partial charge in [-0.1, -0.05) is 44.2 Å². The third-order valence-corrected chi connectivity index (χ3v) is 9.25. The van der Waals surface area contributed by atoms with E-state index >= 15 is 0 Å². The number of fused-ring (bicyclic) bond motifs is 2. The minimum atomic E-state index is -2.61. The van der Waals surface area contributed by atoms with Crippen LogP contribution >= 0.6 is 0 Å². The van der Waals surface area contributed by atoms with Gasteiger partial charge in [0.25, 0.3) is 0 Å². The van der Waals surface area contributed by atoms with Crippen molar-refractivity contribution in [2.75, 3.05) is 13.1 Å². The molecule has 2 unspecified atom stereocenters. The number of carbonyl (C=O) groups excluding carboxylic acids is 1. The summed E-state index contributed by atoms with van der Waals surface area (Å²) in [4.78, 5) is 15.6. The Morgan fingerprint density at radius 1 is 1.03 bits per heavy atom. The van der Waals surface area contributed by atoms with Crippen LogP contribution in [0.1, 0.15) is 107 Å². The van der Waals surface area contributed by atoms with Gasteiger partial charge in [0, 0.05) is 55.3 Å². The molecule has 5 rings (SSSR count). The highest BCUT2D eigenvalue weighted by Gasteiger charge is 2.42. The highest BCUT2D eigenvalue weighted by atomic mass is 19.3. The molecule has 2 aliphatic heterocycles. The van der Waals surface area contributed by atoms with Crippen molar-refractivity contribution in [3.05, 3.63) is 47.5 Å². The summed E-state index contributed by atoms with van der Waals surface area (Å²) in [6.45, 7) is 8.01. The van der Waals surface area contributed by atoms with E-state index in [0.717, 1.165) is 37.5 Å². The summed E-state index contributed by atoms with van der Waals surface area (Å²) in [5, 5.41) is 12.0. The first-order valence-corrected chi connectivity index (χ1v) is 14.6. The van der Waals surface area contributed by atoms with Crippen LogP contribution < -0.4 is 5.32 Å². The maximum atomic E-state index is 13.6. The van der Waals surface area contributed by atoms with Crippen LogP contribution in [0.15, 0.2) is 30.3 Å². The molecule has 1 aromatic carbocycles. The van der Waals surface area contributed by atoms with E-state index in [1.807, 2.05) is 6.07 Å². The molecule has 3 aliphatic rings. The summed E-state index contributed by atoms with van der Waals surface area (Å²) in [5.74, 6) is -0.284. The van der Waals surface area contributed by atoms with Crippen molar-refractivity contribution < 1.29 is 13.6 Å². The van der Waals surface area contributed by atoms with Gasteiger partial charge in [-0.25, -0.2) is 8.78 Å². The molecule has 3 fully saturated rings. The molecule has 1 saturated carbocycles. The maximum absolute atomic E-state index is 13.6. The molecule has 1 amide bonds. The first kappa shape index (κ1) is 27.2. The predicted molar refractivity (Wildman–Crippen MR) is 144 cm³/mol. The molecular formula is C30H43F2N5O. The van der Waals surface area contributed by atoms with Crippen molar-refractivity contribution in [1.82, 2.24) is 25.0 Å². The van der Waals surface area contributed by atoms with Gasteiger partial charge in [0.1, 0.15) is 11.6 Å². The van der Waals surface area contributed by atoms with Gasteiger partial charge in [-0.05, 0) is 64.0 Å². The topological polar surface area (TPSA) is 63.1 Å². The van der Waals surface area contributed by atoms with Crippen LogP contribution in [0.3, 0.4) is 0 Å². The molecule has 38 heavy (non-hydrogen) atoms. The Balaban J connectivity index is 1.20. The number of amides is 1. The van der Waals surface area contributed by atoms with E-state index in [9.17, 15) is 13.6 Å².